The summed E-state index contributed by atoms with van der Waals surface area (Å²) in [6, 6.07) is 9.74. The number of benzene rings is 2. The van der Waals surface area contributed by atoms with Crippen molar-refractivity contribution in [2.75, 3.05) is 113 Å². The van der Waals surface area contributed by atoms with Crippen LogP contribution in [-0.4, -0.2) is 252 Å². The van der Waals surface area contributed by atoms with Crippen LogP contribution in [0.15, 0.2) is 78.3 Å². The fourth-order valence-electron chi connectivity index (χ4n) is 13.2. The highest BCUT2D eigenvalue weighted by molar-refractivity contribution is 7.09. The number of likely N-dealkylation sites (N-methyl/N-ethyl adjacent to an activating group) is 2. The average molecular weight is 1570 g/mol. The highest BCUT2D eigenvalue weighted by Gasteiger charge is 2.44. The lowest BCUT2D eigenvalue weighted by molar-refractivity contribution is -0.148. The highest BCUT2D eigenvalue weighted by Crippen LogP contribution is 2.31. The number of nitrogens with zero attached hydrogens (tertiary/aromatic N) is 5. The summed E-state index contributed by atoms with van der Waals surface area (Å²) in [5.41, 5.74) is 7.17. The first kappa shape index (κ1) is 92.6. The molecule has 1 aromatic heterocycles. The third-order valence-electron chi connectivity index (χ3n) is 19.5. The molecule has 1 saturated heterocycles. The van der Waals surface area contributed by atoms with Gasteiger partial charge in [-0.2, -0.15) is 0 Å². The van der Waals surface area contributed by atoms with Crippen molar-refractivity contribution in [3.63, 3.8) is 0 Å². The van der Waals surface area contributed by atoms with Crippen molar-refractivity contribution in [2.24, 2.45) is 35.3 Å². The van der Waals surface area contributed by atoms with Gasteiger partial charge in [-0.1, -0.05) is 111 Å². The van der Waals surface area contributed by atoms with Gasteiger partial charge in [-0.05, 0) is 79.0 Å². The molecule has 5 rings (SSSR count). The Bertz CT molecular complexity index is 3460. The maximum Gasteiger partial charge on any atom is 0.410 e. The summed E-state index contributed by atoms with van der Waals surface area (Å²) in [6.45, 7) is 18.8. The number of aromatic nitrogens is 1. The van der Waals surface area contributed by atoms with E-state index in [-0.39, 0.29) is 134 Å². The van der Waals surface area contributed by atoms with E-state index in [1.165, 1.54) is 30.4 Å². The topological polar surface area (TPSA) is 406 Å². The number of thiazole rings is 1. The lowest BCUT2D eigenvalue weighted by atomic mass is 9.89. The van der Waals surface area contributed by atoms with Gasteiger partial charge in [0.2, 0.25) is 47.3 Å². The molecule has 616 valence electrons. The van der Waals surface area contributed by atoms with Gasteiger partial charge in [-0.15, -0.1) is 11.3 Å². The second-order valence-corrected chi connectivity index (χ2v) is 29.7. The van der Waals surface area contributed by atoms with Crippen LogP contribution in [-0.2, 0) is 94.1 Å². The summed E-state index contributed by atoms with van der Waals surface area (Å²) in [6.07, 6.45) is 4.41. The Kier molecular flexibility index (Phi) is 40.6. The monoisotopic (exact) mass is 1570 g/mol. The Hall–Kier alpha value is -8.99. The largest absolute Gasteiger partial charge is 0.445 e. The normalized spacial score (nSPS) is 16.2. The van der Waals surface area contributed by atoms with E-state index in [1.807, 2.05) is 56.5 Å². The molecule has 2 aromatic carbocycles. The zero-order valence-corrected chi connectivity index (χ0v) is 67.4. The minimum Gasteiger partial charge on any atom is -0.445 e. The second-order valence-electron chi connectivity index (χ2n) is 28.7. The van der Waals surface area contributed by atoms with E-state index < -0.39 is 126 Å². The summed E-state index contributed by atoms with van der Waals surface area (Å²) in [4.78, 5) is 170. The van der Waals surface area contributed by atoms with E-state index in [4.69, 9.17) is 38.9 Å². The molecule has 2 aliphatic heterocycles. The maximum absolute atomic E-state index is 14.9. The molecule has 11 atom stereocenters. The number of methoxy groups -OCH3 is 2. The van der Waals surface area contributed by atoms with E-state index in [9.17, 15) is 57.5 Å². The van der Waals surface area contributed by atoms with Crippen molar-refractivity contribution < 1.29 is 90.7 Å². The molecule has 0 spiro atoms. The highest BCUT2D eigenvalue weighted by atomic mass is 32.1. The van der Waals surface area contributed by atoms with Gasteiger partial charge in [0.05, 0.1) is 95.5 Å². The number of amides is 13. The van der Waals surface area contributed by atoms with Gasteiger partial charge in [-0.25, -0.2) is 14.6 Å². The number of nitrogens with two attached hydrogens (primary N) is 1. The standard InChI is InChI=1S/C78H119N13O19S/c1-14-52(8)69(60(104-12)47-65(96)90-35-19-23-59(90)70(105-13)53(9)71(97)85-58(75-81-34-45-111-75)46-54-20-16-15-17-21-54)88(10)76(101)67(50(4)5)87-74(100)68(51(6)7)89(11)78(103)110-48-55-24-26-56(27-25-55)83-72(98)57(22-18-32-82-77(79)102)84-73(99)66(49(2)3)86-62(93)31-37-106-39-41-108-43-44-109-42-40-107-38-33-80-61(92)30-36-91-63(94)28-29-64(91)95/h15-17,20-21,24-29,34,45,49-53,57-60,66-70H,14,18-19,22-23,30-33,35-44,46-48H2,1-13H3,(H,80,92)(H,83,98)(H,84,99)(H,85,97)(H,86,93)(H,87,100)(H3,79,82,102)/t52-,53+,57-,58-,59-,60+,66-,67-,68-,69-,70+/m0/s1. The number of ether oxygens (including phenoxy) is 7. The Morgan fingerprint density at radius 1 is 0.658 bits per heavy atom. The van der Waals surface area contributed by atoms with Crippen LogP contribution in [0.3, 0.4) is 0 Å². The number of nitrogens with one attached hydrogen (secondary N) is 7. The molecule has 13 amide bonds. The Balaban J connectivity index is 1.08. The van der Waals surface area contributed by atoms with Gasteiger partial charge in [-0.3, -0.25) is 57.7 Å². The lowest BCUT2D eigenvalue weighted by Crippen LogP contribution is -2.60. The van der Waals surface area contributed by atoms with Crippen LogP contribution in [0.4, 0.5) is 15.3 Å². The molecule has 33 heteroatoms. The minimum atomic E-state index is -1.13. The van der Waals surface area contributed by atoms with Crippen molar-refractivity contribution in [1.29, 1.82) is 0 Å². The molecule has 3 heterocycles. The van der Waals surface area contributed by atoms with Gasteiger partial charge in [0.1, 0.15) is 35.8 Å². The number of hydrogen-bond acceptors (Lipinski definition) is 21. The van der Waals surface area contributed by atoms with E-state index in [0.29, 0.717) is 50.1 Å². The van der Waals surface area contributed by atoms with Crippen molar-refractivity contribution in [2.45, 2.75) is 181 Å². The minimum absolute atomic E-state index is 0.00154. The fourth-order valence-corrected chi connectivity index (χ4v) is 13.9. The number of primary amides is 1. The molecule has 32 nitrogen and oxygen atoms in total. The first-order chi connectivity index (χ1) is 53.0. The molecule has 111 heavy (non-hydrogen) atoms. The summed E-state index contributed by atoms with van der Waals surface area (Å²) >= 11 is 1.47. The third kappa shape index (κ3) is 30.6. The zero-order chi connectivity index (χ0) is 81.7. The van der Waals surface area contributed by atoms with Crippen molar-refractivity contribution >= 4 is 88.2 Å². The number of anilines is 1. The number of hydrogen-bond donors (Lipinski definition) is 8. The smallest absolute Gasteiger partial charge is 0.410 e. The van der Waals surface area contributed by atoms with Crippen LogP contribution in [0.25, 0.3) is 0 Å². The molecule has 0 aliphatic carbocycles. The SMILES string of the molecule is CC[C@H](C)[C@@H]([C@@H](CC(=O)N1CCC[C@H]1[C@H](OC)[C@@H](C)C(=O)N[C@@H](Cc1ccccc1)c1nccs1)OC)N(C)C(=O)[C@@H](NC(=O)[C@H](C(C)C)N(C)C(=O)OCc1ccc(NC(=O)[C@H](CCCNC(N)=O)NC(=O)[C@@H](NC(=O)CCOCCOCCOCCOCCNC(=O)CCN2C(=O)C=CC2=O)C(C)C)cc1)C(C)C. The molecule has 0 unspecified atom stereocenters. The average Bonchev–Trinajstić information content (AvgIpc) is 1.44. The molecule has 3 aromatic rings. The fraction of sp³-hybridized carbons (Fsp3) is 0.628. The zero-order valence-electron chi connectivity index (χ0n) is 66.6. The number of carbonyl (C=O) groups is 12. The molecule has 0 bridgehead atoms. The number of rotatable bonds is 51. The first-order valence-electron chi connectivity index (χ1n) is 38.2. The van der Waals surface area contributed by atoms with Gasteiger partial charge in [0.15, 0.2) is 0 Å². The van der Waals surface area contributed by atoms with Gasteiger partial charge in [0.25, 0.3) is 11.8 Å². The summed E-state index contributed by atoms with van der Waals surface area (Å²) in [7, 11) is 6.15. The van der Waals surface area contributed by atoms with Gasteiger partial charge >= 0.3 is 12.1 Å². The second kappa shape index (κ2) is 48.7. The van der Waals surface area contributed by atoms with Crippen LogP contribution >= 0.6 is 11.3 Å². The quantitative estimate of drug-likeness (QED) is 0.0278. The Morgan fingerprint density at radius 2 is 1.29 bits per heavy atom. The number of urea groups is 1. The van der Waals surface area contributed by atoms with Crippen LogP contribution in [0.1, 0.15) is 136 Å². The first-order valence-corrected chi connectivity index (χ1v) is 39.1. The van der Waals surface area contributed by atoms with Crippen LogP contribution in [0.5, 0.6) is 0 Å². The lowest BCUT2D eigenvalue weighted by Gasteiger charge is -2.41. The molecular weight excluding hydrogens is 1450 g/mol. The Labute approximate surface area is 656 Å². The number of carbonyl (C=O) groups excluding carboxylic acids is 12. The maximum atomic E-state index is 14.9. The predicted molar refractivity (Wildman–Crippen MR) is 415 cm³/mol. The number of likely N-dealkylation sites (tertiary alicyclic amines) is 1. The third-order valence-corrected chi connectivity index (χ3v) is 20.4. The summed E-state index contributed by atoms with van der Waals surface area (Å²) < 4.78 is 40.0. The van der Waals surface area contributed by atoms with Gasteiger partial charge < -0.3 is 85.9 Å². The Morgan fingerprint density at radius 3 is 1.86 bits per heavy atom. The molecule has 2 aliphatic rings. The van der Waals surface area contributed by atoms with Crippen molar-refractivity contribution in [3.05, 3.63) is 94.5 Å². The van der Waals surface area contributed by atoms with Crippen LogP contribution in [0, 0.1) is 29.6 Å². The summed E-state index contributed by atoms with van der Waals surface area (Å²) in [5, 5.41) is 22.3. The molecule has 1 fully saturated rings. The van der Waals surface area contributed by atoms with E-state index >= 15 is 0 Å². The molecular formula is C78H119N13O19S. The van der Waals surface area contributed by atoms with Gasteiger partial charge in [0, 0.05) is 96.8 Å². The van der Waals surface area contributed by atoms with Crippen LogP contribution < -0.4 is 43.0 Å². The van der Waals surface area contributed by atoms with Crippen molar-refractivity contribution in [3.8, 4) is 0 Å². The number of imide groups is 1. The van der Waals surface area contributed by atoms with E-state index in [0.717, 1.165) is 27.6 Å². The molecule has 0 saturated carbocycles. The van der Waals surface area contributed by atoms with Crippen LogP contribution in [0.2, 0.25) is 0 Å². The van der Waals surface area contributed by atoms with E-state index in [1.54, 1.807) is 96.0 Å². The molecule has 9 N–H and O–H groups in total. The van der Waals surface area contributed by atoms with Crippen molar-refractivity contribution in [1.82, 2.24) is 56.5 Å². The van der Waals surface area contributed by atoms with E-state index in [2.05, 4.69) is 42.2 Å². The predicted octanol–water partition coefficient (Wildman–Crippen LogP) is 4.80. The molecule has 0 radical (unpaired) electrons. The summed E-state index contributed by atoms with van der Waals surface area (Å²) in [5.74, 6) is -6.44.